The Hall–Kier alpha value is -2.86. The van der Waals surface area contributed by atoms with E-state index in [0.29, 0.717) is 22.1 Å². The molecule has 2 heterocycles. The van der Waals surface area contributed by atoms with Crippen LogP contribution in [0.5, 0.6) is 0 Å². The van der Waals surface area contributed by atoms with Crippen molar-refractivity contribution >= 4 is 35.5 Å². The highest BCUT2D eigenvalue weighted by Gasteiger charge is 2.28. The largest absolute Gasteiger partial charge is 0.457 e. The van der Waals surface area contributed by atoms with Crippen molar-refractivity contribution in [3.05, 3.63) is 52.8 Å². The summed E-state index contributed by atoms with van der Waals surface area (Å²) in [6.07, 6.45) is 1.26. The highest BCUT2D eigenvalue weighted by atomic mass is 35.5. The number of hydrogen-bond acceptors (Lipinski definition) is 4. The number of amides is 4. The third kappa shape index (κ3) is 2.64. The summed E-state index contributed by atoms with van der Waals surface area (Å²) < 4.78 is 5.57. The molecule has 0 bridgehead atoms. The lowest BCUT2D eigenvalue weighted by atomic mass is 10.1. The molecule has 0 unspecified atom stereocenters. The van der Waals surface area contributed by atoms with Crippen LogP contribution in [0, 0.1) is 0 Å². The molecule has 1 aliphatic rings. The van der Waals surface area contributed by atoms with Gasteiger partial charge < -0.3 is 4.42 Å². The van der Waals surface area contributed by atoms with Gasteiger partial charge in [0.05, 0.1) is 5.02 Å². The van der Waals surface area contributed by atoms with E-state index in [1.165, 1.54) is 6.08 Å². The Kier molecular flexibility index (Phi) is 3.52. The van der Waals surface area contributed by atoms with E-state index in [1.807, 2.05) is 16.7 Å². The van der Waals surface area contributed by atoms with E-state index in [4.69, 9.17) is 16.0 Å². The van der Waals surface area contributed by atoms with E-state index < -0.39 is 17.8 Å². The van der Waals surface area contributed by atoms with Crippen LogP contribution in [0.3, 0.4) is 0 Å². The summed E-state index contributed by atoms with van der Waals surface area (Å²) in [4.78, 5) is 34.2. The average molecular weight is 317 g/mol. The van der Waals surface area contributed by atoms with Gasteiger partial charge in [-0.25, -0.2) is 4.79 Å². The third-order valence-corrected chi connectivity index (χ3v) is 3.33. The monoisotopic (exact) mass is 316 g/mol. The van der Waals surface area contributed by atoms with E-state index in [1.54, 1.807) is 30.3 Å². The number of carbonyl (C=O) groups excluding carboxylic acids is 3. The van der Waals surface area contributed by atoms with Crippen molar-refractivity contribution in [2.24, 2.45) is 0 Å². The van der Waals surface area contributed by atoms with Gasteiger partial charge in [-0.1, -0.05) is 23.7 Å². The van der Waals surface area contributed by atoms with Crippen LogP contribution in [0.1, 0.15) is 5.76 Å². The lowest BCUT2D eigenvalue weighted by molar-refractivity contribution is -0.123. The number of imide groups is 2. The average Bonchev–Trinajstić information content (AvgIpc) is 2.92. The van der Waals surface area contributed by atoms with Crippen molar-refractivity contribution < 1.29 is 18.8 Å². The van der Waals surface area contributed by atoms with Crippen molar-refractivity contribution in [2.75, 3.05) is 0 Å². The minimum atomic E-state index is -0.844. The van der Waals surface area contributed by atoms with Gasteiger partial charge in [-0.05, 0) is 30.3 Å². The summed E-state index contributed by atoms with van der Waals surface area (Å²) in [5, 5.41) is 4.50. The molecule has 4 amide bonds. The van der Waals surface area contributed by atoms with Crippen LogP contribution in [-0.4, -0.2) is 17.8 Å². The smallest absolute Gasteiger partial charge is 0.328 e. The number of halogens is 1. The minimum absolute atomic E-state index is 0.209. The van der Waals surface area contributed by atoms with Crippen molar-refractivity contribution in [1.82, 2.24) is 10.6 Å². The Morgan fingerprint density at radius 3 is 2.32 bits per heavy atom. The van der Waals surface area contributed by atoms with Crippen molar-refractivity contribution in [3.63, 3.8) is 0 Å². The molecule has 110 valence electrons. The zero-order chi connectivity index (χ0) is 15.7. The van der Waals surface area contributed by atoms with Gasteiger partial charge in [0, 0.05) is 5.56 Å². The van der Waals surface area contributed by atoms with Gasteiger partial charge in [-0.2, -0.15) is 0 Å². The molecular weight excluding hydrogens is 308 g/mol. The molecule has 2 N–H and O–H groups in total. The second-order valence-corrected chi connectivity index (χ2v) is 4.88. The molecule has 0 radical (unpaired) electrons. The van der Waals surface area contributed by atoms with Gasteiger partial charge in [0.15, 0.2) is 0 Å². The highest BCUT2D eigenvalue weighted by Crippen LogP contribution is 2.29. The molecule has 6 nitrogen and oxygen atoms in total. The number of nitrogens with one attached hydrogen (secondary N) is 2. The molecule has 1 aliphatic heterocycles. The van der Waals surface area contributed by atoms with Gasteiger partial charge in [0.1, 0.15) is 17.1 Å². The fourth-order valence-electron chi connectivity index (χ4n) is 1.98. The van der Waals surface area contributed by atoms with E-state index in [-0.39, 0.29) is 5.57 Å². The zero-order valence-corrected chi connectivity index (χ0v) is 11.8. The van der Waals surface area contributed by atoms with Crippen LogP contribution < -0.4 is 10.6 Å². The number of urea groups is 1. The molecule has 22 heavy (non-hydrogen) atoms. The van der Waals surface area contributed by atoms with Crippen LogP contribution in [0.25, 0.3) is 17.4 Å². The van der Waals surface area contributed by atoms with Crippen LogP contribution >= 0.6 is 11.6 Å². The molecule has 1 saturated heterocycles. The highest BCUT2D eigenvalue weighted by molar-refractivity contribution is 6.33. The predicted molar refractivity (Wildman–Crippen MR) is 78.8 cm³/mol. The topological polar surface area (TPSA) is 88.4 Å². The standard InChI is InChI=1S/C15H9ClN2O4/c16-11-4-2-1-3-9(11)12-6-5-8(22-12)7-10-13(19)17-15(21)18-14(10)20/h1-7H,(H2,17,18,19,20,21). The van der Waals surface area contributed by atoms with Crippen LogP contribution in [0.4, 0.5) is 4.79 Å². The Morgan fingerprint density at radius 1 is 0.955 bits per heavy atom. The Balaban J connectivity index is 1.93. The van der Waals surface area contributed by atoms with Crippen LogP contribution in [-0.2, 0) is 9.59 Å². The first-order chi connectivity index (χ1) is 10.5. The summed E-state index contributed by atoms with van der Waals surface area (Å²) in [6.45, 7) is 0. The molecule has 1 aromatic carbocycles. The number of barbiturate groups is 1. The Morgan fingerprint density at radius 2 is 1.64 bits per heavy atom. The maximum atomic E-state index is 11.6. The van der Waals surface area contributed by atoms with Gasteiger partial charge in [-0.15, -0.1) is 0 Å². The number of benzene rings is 1. The quantitative estimate of drug-likeness (QED) is 0.657. The SMILES string of the molecule is O=C1NC(=O)C(=Cc2ccc(-c3ccccc3Cl)o2)C(=O)N1. The van der Waals surface area contributed by atoms with Crippen molar-refractivity contribution in [2.45, 2.75) is 0 Å². The summed E-state index contributed by atoms with van der Waals surface area (Å²) in [6, 6.07) is 9.56. The number of rotatable bonds is 2. The van der Waals surface area contributed by atoms with Gasteiger partial charge in [0.25, 0.3) is 11.8 Å². The molecule has 1 aromatic heterocycles. The lowest BCUT2D eigenvalue weighted by Gasteiger charge is -2.13. The molecule has 2 aromatic rings. The minimum Gasteiger partial charge on any atom is -0.457 e. The predicted octanol–water partition coefficient (Wildman–Crippen LogP) is 2.35. The second kappa shape index (κ2) is 5.50. The zero-order valence-electron chi connectivity index (χ0n) is 11.1. The molecular formula is C15H9ClN2O4. The van der Waals surface area contributed by atoms with Crippen LogP contribution in [0.2, 0.25) is 5.02 Å². The maximum Gasteiger partial charge on any atom is 0.328 e. The van der Waals surface area contributed by atoms with Crippen LogP contribution in [0.15, 0.2) is 46.4 Å². The first-order valence-electron chi connectivity index (χ1n) is 6.27. The van der Waals surface area contributed by atoms with Gasteiger partial charge >= 0.3 is 6.03 Å². The molecule has 1 fully saturated rings. The number of furan rings is 1. The lowest BCUT2D eigenvalue weighted by Crippen LogP contribution is -2.51. The Bertz CT molecular complexity index is 800. The summed E-state index contributed by atoms with van der Waals surface area (Å²) >= 11 is 6.08. The van der Waals surface area contributed by atoms with Gasteiger partial charge in [0.2, 0.25) is 0 Å². The molecule has 0 atom stereocenters. The third-order valence-electron chi connectivity index (χ3n) is 3.00. The summed E-state index contributed by atoms with van der Waals surface area (Å²) in [7, 11) is 0. The molecule has 0 saturated carbocycles. The van der Waals surface area contributed by atoms with E-state index >= 15 is 0 Å². The summed E-state index contributed by atoms with van der Waals surface area (Å²) in [5.41, 5.74) is 0.487. The first-order valence-corrected chi connectivity index (χ1v) is 6.65. The summed E-state index contributed by atoms with van der Waals surface area (Å²) in [5.74, 6) is -0.747. The molecule has 0 spiro atoms. The number of hydrogen-bond donors (Lipinski definition) is 2. The van der Waals surface area contributed by atoms with E-state index in [9.17, 15) is 14.4 Å². The molecule has 0 aliphatic carbocycles. The van der Waals surface area contributed by atoms with E-state index in [0.717, 1.165) is 0 Å². The maximum absolute atomic E-state index is 11.6. The van der Waals surface area contributed by atoms with E-state index in [2.05, 4.69) is 0 Å². The molecule has 7 heteroatoms. The Labute approximate surface area is 129 Å². The first kappa shape index (κ1) is 14.1. The fraction of sp³-hybridized carbons (Fsp3) is 0. The second-order valence-electron chi connectivity index (χ2n) is 4.48. The molecule has 3 rings (SSSR count). The normalized spacial score (nSPS) is 14.6. The fourth-order valence-corrected chi connectivity index (χ4v) is 2.21. The number of carbonyl (C=O) groups is 3. The van der Waals surface area contributed by atoms with Gasteiger partial charge in [-0.3, -0.25) is 20.2 Å². The van der Waals surface area contributed by atoms with Crippen molar-refractivity contribution in [1.29, 1.82) is 0 Å². The van der Waals surface area contributed by atoms with Crippen molar-refractivity contribution in [3.8, 4) is 11.3 Å².